The Morgan fingerprint density at radius 1 is 1.24 bits per heavy atom. The van der Waals surface area contributed by atoms with E-state index < -0.39 is 22.0 Å². The summed E-state index contributed by atoms with van der Waals surface area (Å²) in [5.74, 6) is -1.23. The lowest BCUT2D eigenvalue weighted by molar-refractivity contribution is -0.138. The number of allylic oxidation sites excluding steroid dienone is 3. The molecule has 0 spiro atoms. The van der Waals surface area contributed by atoms with Gasteiger partial charge in [-0.15, -0.1) is 0 Å². The molecule has 1 aliphatic carbocycles. The van der Waals surface area contributed by atoms with Crippen molar-refractivity contribution in [2.75, 3.05) is 0 Å². The monoisotopic (exact) mass is 327 g/mol. The summed E-state index contributed by atoms with van der Waals surface area (Å²) in [6, 6.07) is 4.27. The first-order valence-corrected chi connectivity index (χ1v) is 8.11. The summed E-state index contributed by atoms with van der Waals surface area (Å²) < 4.78 is 26.7. The number of rotatable bonds is 5. The van der Waals surface area contributed by atoms with Gasteiger partial charge in [-0.2, -0.15) is 4.72 Å². The van der Waals surface area contributed by atoms with Crippen LogP contribution in [0.25, 0.3) is 0 Å². The summed E-state index contributed by atoms with van der Waals surface area (Å²) in [5.41, 5.74) is 0.530. The van der Waals surface area contributed by atoms with Crippen molar-refractivity contribution in [1.82, 2.24) is 4.72 Å². The second-order valence-electron chi connectivity index (χ2n) is 4.54. The van der Waals surface area contributed by atoms with Crippen LogP contribution in [-0.4, -0.2) is 25.5 Å². The Labute approximate surface area is 128 Å². The van der Waals surface area contributed by atoms with Gasteiger partial charge in [-0.3, -0.25) is 4.79 Å². The van der Waals surface area contributed by atoms with E-state index in [9.17, 15) is 18.3 Å². The number of carboxylic acid groups (broad SMARTS) is 1. The number of aliphatic carboxylic acids is 1. The van der Waals surface area contributed by atoms with E-state index in [-0.39, 0.29) is 4.90 Å². The molecule has 0 saturated carbocycles. The Bertz CT molecular complexity index is 692. The lowest BCUT2D eigenvalue weighted by atomic mass is 9.99. The molecule has 5 nitrogen and oxygen atoms in total. The molecule has 1 atom stereocenters. The number of hydrogen-bond acceptors (Lipinski definition) is 3. The largest absolute Gasteiger partial charge is 0.480 e. The first-order chi connectivity index (χ1) is 9.90. The third-order valence-electron chi connectivity index (χ3n) is 3.05. The van der Waals surface area contributed by atoms with Crippen molar-refractivity contribution in [3.05, 3.63) is 53.1 Å². The molecule has 2 rings (SSSR count). The van der Waals surface area contributed by atoms with E-state index in [4.69, 9.17) is 11.6 Å². The maximum absolute atomic E-state index is 12.2. The van der Waals surface area contributed by atoms with Gasteiger partial charge < -0.3 is 5.11 Å². The standard InChI is InChI=1S/C14H14ClNO4S/c15-11-6-8-12(9-7-11)21(19,20)16-13(14(17)18)10-4-2-1-3-5-10/h1-2,5-9,13,16H,3-4H2,(H,17,18). The fourth-order valence-corrected chi connectivity index (χ4v) is 3.29. The first kappa shape index (κ1) is 15.8. The summed E-state index contributed by atoms with van der Waals surface area (Å²) >= 11 is 5.71. The van der Waals surface area contributed by atoms with E-state index in [0.29, 0.717) is 23.4 Å². The molecular weight excluding hydrogens is 314 g/mol. The predicted molar refractivity (Wildman–Crippen MR) is 79.7 cm³/mol. The van der Waals surface area contributed by atoms with Gasteiger partial charge in [0.05, 0.1) is 4.90 Å². The van der Waals surface area contributed by atoms with E-state index in [1.165, 1.54) is 24.3 Å². The van der Waals surface area contributed by atoms with Crippen LogP contribution in [0.15, 0.2) is 53.0 Å². The van der Waals surface area contributed by atoms with Crippen molar-refractivity contribution < 1.29 is 18.3 Å². The van der Waals surface area contributed by atoms with Crippen LogP contribution in [-0.2, 0) is 14.8 Å². The summed E-state index contributed by atoms with van der Waals surface area (Å²) in [5, 5.41) is 9.67. The highest BCUT2D eigenvalue weighted by molar-refractivity contribution is 7.89. The molecule has 1 unspecified atom stereocenters. The van der Waals surface area contributed by atoms with Gasteiger partial charge in [0, 0.05) is 5.02 Å². The molecule has 1 aliphatic rings. The average Bonchev–Trinajstić information content (AvgIpc) is 2.46. The number of nitrogens with one attached hydrogen (secondary N) is 1. The van der Waals surface area contributed by atoms with Crippen molar-refractivity contribution in [2.45, 2.75) is 23.8 Å². The molecule has 7 heteroatoms. The molecule has 0 heterocycles. The van der Waals surface area contributed by atoms with Gasteiger partial charge in [0.25, 0.3) is 0 Å². The van der Waals surface area contributed by atoms with Crippen molar-refractivity contribution in [1.29, 1.82) is 0 Å². The summed E-state index contributed by atoms with van der Waals surface area (Å²) in [7, 11) is -3.93. The van der Waals surface area contributed by atoms with Crippen LogP contribution in [0.5, 0.6) is 0 Å². The molecule has 0 amide bonds. The van der Waals surface area contributed by atoms with E-state index in [1.807, 2.05) is 12.2 Å². The Balaban J connectivity index is 2.25. The smallest absolute Gasteiger partial charge is 0.326 e. The quantitative estimate of drug-likeness (QED) is 0.813. The molecule has 0 saturated heterocycles. The van der Waals surface area contributed by atoms with Crippen LogP contribution in [0.2, 0.25) is 5.02 Å². The zero-order valence-corrected chi connectivity index (χ0v) is 12.6. The molecule has 112 valence electrons. The number of carboxylic acids is 1. The Morgan fingerprint density at radius 2 is 1.90 bits per heavy atom. The van der Waals surface area contributed by atoms with Gasteiger partial charge in [0.2, 0.25) is 10.0 Å². The highest BCUT2D eigenvalue weighted by Crippen LogP contribution is 2.19. The minimum Gasteiger partial charge on any atom is -0.480 e. The van der Waals surface area contributed by atoms with Gasteiger partial charge in [0.15, 0.2) is 0 Å². The number of halogens is 1. The Morgan fingerprint density at radius 3 is 2.43 bits per heavy atom. The SMILES string of the molecule is O=C(O)C(NS(=O)(=O)c1ccc(Cl)cc1)C1=CCC=CC1. The predicted octanol–water partition coefficient (Wildman–Crippen LogP) is 2.35. The van der Waals surface area contributed by atoms with Crippen molar-refractivity contribution in [3.8, 4) is 0 Å². The maximum Gasteiger partial charge on any atom is 0.326 e. The van der Waals surface area contributed by atoms with Gasteiger partial charge in [-0.05, 0) is 42.7 Å². The number of hydrogen-bond donors (Lipinski definition) is 2. The molecule has 2 N–H and O–H groups in total. The second-order valence-corrected chi connectivity index (χ2v) is 6.69. The molecule has 0 aromatic heterocycles. The van der Waals surface area contributed by atoms with Gasteiger partial charge in [-0.25, -0.2) is 8.42 Å². The third-order valence-corrected chi connectivity index (χ3v) is 4.74. The summed E-state index contributed by atoms with van der Waals surface area (Å²) in [4.78, 5) is 11.3. The normalized spacial score (nSPS) is 16.3. The lowest BCUT2D eigenvalue weighted by Gasteiger charge is -2.19. The van der Waals surface area contributed by atoms with Gasteiger partial charge in [-0.1, -0.05) is 29.8 Å². The number of carbonyl (C=O) groups is 1. The summed E-state index contributed by atoms with van der Waals surface area (Å²) in [6.45, 7) is 0. The van der Waals surface area contributed by atoms with E-state index >= 15 is 0 Å². The highest BCUT2D eigenvalue weighted by atomic mass is 35.5. The van der Waals surface area contributed by atoms with E-state index in [2.05, 4.69) is 4.72 Å². The van der Waals surface area contributed by atoms with Crippen molar-refractivity contribution in [3.63, 3.8) is 0 Å². The lowest BCUT2D eigenvalue weighted by Crippen LogP contribution is -2.42. The van der Waals surface area contributed by atoms with Gasteiger partial charge >= 0.3 is 5.97 Å². The van der Waals surface area contributed by atoms with Crippen LogP contribution in [0, 0.1) is 0 Å². The van der Waals surface area contributed by atoms with Crippen molar-refractivity contribution in [2.24, 2.45) is 0 Å². The fraction of sp³-hybridized carbons (Fsp3) is 0.214. The highest BCUT2D eigenvalue weighted by Gasteiger charge is 2.28. The van der Waals surface area contributed by atoms with Crippen LogP contribution in [0.4, 0.5) is 0 Å². The third kappa shape index (κ3) is 3.93. The minimum absolute atomic E-state index is 0.0231. The molecule has 0 fully saturated rings. The first-order valence-electron chi connectivity index (χ1n) is 6.25. The molecule has 0 bridgehead atoms. The average molecular weight is 328 g/mol. The number of sulfonamides is 1. The molecule has 0 aliphatic heterocycles. The van der Waals surface area contributed by atoms with Gasteiger partial charge in [0.1, 0.15) is 6.04 Å². The summed E-state index contributed by atoms with van der Waals surface area (Å²) in [6.07, 6.45) is 6.46. The minimum atomic E-state index is -3.93. The molecule has 21 heavy (non-hydrogen) atoms. The zero-order valence-electron chi connectivity index (χ0n) is 11.0. The Kier molecular flexibility index (Phi) is 4.82. The van der Waals surface area contributed by atoms with Crippen LogP contribution >= 0.6 is 11.6 Å². The van der Waals surface area contributed by atoms with Crippen LogP contribution in [0.1, 0.15) is 12.8 Å². The molecule has 0 radical (unpaired) electrons. The molecular formula is C14H14ClNO4S. The Hall–Kier alpha value is -1.63. The zero-order chi connectivity index (χ0) is 15.5. The van der Waals surface area contributed by atoms with E-state index in [1.54, 1.807) is 6.08 Å². The van der Waals surface area contributed by atoms with E-state index in [0.717, 1.165) is 0 Å². The van der Waals surface area contributed by atoms with Crippen LogP contribution in [0.3, 0.4) is 0 Å². The number of benzene rings is 1. The van der Waals surface area contributed by atoms with Crippen molar-refractivity contribution >= 4 is 27.6 Å². The topological polar surface area (TPSA) is 83.5 Å². The second kappa shape index (κ2) is 6.43. The van der Waals surface area contributed by atoms with Crippen LogP contribution < -0.4 is 4.72 Å². The fourth-order valence-electron chi connectivity index (χ4n) is 1.98. The maximum atomic E-state index is 12.2. The molecule has 1 aromatic carbocycles. The molecule has 1 aromatic rings.